The summed E-state index contributed by atoms with van der Waals surface area (Å²) in [7, 11) is 0. The van der Waals surface area contributed by atoms with Gasteiger partial charge in [-0.3, -0.25) is 9.59 Å². The van der Waals surface area contributed by atoms with Crippen molar-refractivity contribution in [2.75, 3.05) is 32.7 Å². The van der Waals surface area contributed by atoms with Gasteiger partial charge in [-0.15, -0.1) is 0 Å². The molecule has 2 fully saturated rings. The van der Waals surface area contributed by atoms with Crippen LogP contribution in [0.1, 0.15) is 29.0 Å². The average molecular weight is 292 g/mol. The molecule has 3 heterocycles. The van der Waals surface area contributed by atoms with E-state index in [1.165, 1.54) is 6.20 Å². The number of rotatable bonds is 2. The summed E-state index contributed by atoms with van der Waals surface area (Å²) in [6.07, 6.45) is 3.03. The Morgan fingerprint density at radius 3 is 2.76 bits per heavy atom. The predicted molar refractivity (Wildman–Crippen MR) is 74.7 cm³/mol. The Morgan fingerprint density at radius 1 is 1.33 bits per heavy atom. The molecule has 0 bridgehead atoms. The highest BCUT2D eigenvalue weighted by molar-refractivity contribution is 5.98. The van der Waals surface area contributed by atoms with E-state index in [-0.39, 0.29) is 17.9 Å². The van der Waals surface area contributed by atoms with Crippen molar-refractivity contribution in [3.05, 3.63) is 17.5 Å². The van der Waals surface area contributed by atoms with E-state index in [1.54, 1.807) is 11.8 Å². The van der Waals surface area contributed by atoms with Gasteiger partial charge in [0, 0.05) is 32.7 Å². The molecule has 2 aliphatic rings. The molecule has 114 valence electrons. The third kappa shape index (κ3) is 2.65. The second-order valence-electron chi connectivity index (χ2n) is 5.53. The smallest absolute Gasteiger partial charge is 0.259 e. The molecular formula is C14H20N4O3. The number of hydrogen-bond donors (Lipinski definition) is 1. The quantitative estimate of drug-likeness (QED) is 0.831. The van der Waals surface area contributed by atoms with Crippen molar-refractivity contribution in [2.24, 2.45) is 0 Å². The number of aryl methyl sites for hydroxylation is 1. The number of aromatic nitrogens is 1. The Balaban J connectivity index is 1.74. The summed E-state index contributed by atoms with van der Waals surface area (Å²) in [5, 5.41) is 6.88. The first-order valence-corrected chi connectivity index (χ1v) is 7.40. The van der Waals surface area contributed by atoms with Gasteiger partial charge in [-0.25, -0.2) is 0 Å². The summed E-state index contributed by atoms with van der Waals surface area (Å²) in [4.78, 5) is 28.7. The molecular weight excluding hydrogens is 272 g/mol. The van der Waals surface area contributed by atoms with Gasteiger partial charge in [0.25, 0.3) is 5.91 Å². The van der Waals surface area contributed by atoms with E-state index in [4.69, 9.17) is 4.52 Å². The van der Waals surface area contributed by atoms with Gasteiger partial charge in [0.05, 0.1) is 6.20 Å². The van der Waals surface area contributed by atoms with E-state index in [9.17, 15) is 9.59 Å². The number of carbonyl (C=O) groups is 2. The summed E-state index contributed by atoms with van der Waals surface area (Å²) in [6.45, 7) is 5.39. The van der Waals surface area contributed by atoms with Crippen LogP contribution in [-0.2, 0) is 4.79 Å². The van der Waals surface area contributed by atoms with Gasteiger partial charge in [-0.1, -0.05) is 5.16 Å². The van der Waals surface area contributed by atoms with Crippen molar-refractivity contribution in [3.63, 3.8) is 0 Å². The predicted octanol–water partition coefficient (Wildman–Crippen LogP) is 0.0194. The number of piperazine rings is 1. The summed E-state index contributed by atoms with van der Waals surface area (Å²) >= 11 is 0. The Morgan fingerprint density at radius 2 is 2.10 bits per heavy atom. The molecule has 7 nitrogen and oxygen atoms in total. The number of nitrogens with zero attached hydrogens (tertiary/aromatic N) is 3. The Bertz CT molecular complexity index is 536. The van der Waals surface area contributed by atoms with E-state index in [0.29, 0.717) is 31.0 Å². The summed E-state index contributed by atoms with van der Waals surface area (Å²) in [5.41, 5.74) is 0.454. The molecule has 0 radical (unpaired) electrons. The fourth-order valence-corrected chi connectivity index (χ4v) is 3.02. The van der Waals surface area contributed by atoms with Crippen LogP contribution >= 0.6 is 0 Å². The summed E-state index contributed by atoms with van der Waals surface area (Å²) < 4.78 is 4.96. The van der Waals surface area contributed by atoms with E-state index in [0.717, 1.165) is 25.9 Å². The zero-order valence-corrected chi connectivity index (χ0v) is 12.2. The minimum Gasteiger partial charge on any atom is -0.361 e. The molecule has 2 saturated heterocycles. The van der Waals surface area contributed by atoms with Gasteiger partial charge in [0.15, 0.2) is 0 Å². The van der Waals surface area contributed by atoms with Crippen molar-refractivity contribution < 1.29 is 14.1 Å². The molecule has 0 spiro atoms. The van der Waals surface area contributed by atoms with E-state index in [2.05, 4.69) is 10.5 Å². The van der Waals surface area contributed by atoms with Crippen molar-refractivity contribution in [3.8, 4) is 0 Å². The Hall–Kier alpha value is -1.89. The molecule has 0 aromatic carbocycles. The first kappa shape index (κ1) is 14.1. The molecule has 0 aliphatic carbocycles. The molecule has 1 atom stereocenters. The van der Waals surface area contributed by atoms with Gasteiger partial charge in [0.2, 0.25) is 5.91 Å². The van der Waals surface area contributed by atoms with Crippen LogP contribution in [0.15, 0.2) is 10.7 Å². The van der Waals surface area contributed by atoms with E-state index < -0.39 is 0 Å². The lowest BCUT2D eigenvalue weighted by atomic mass is 10.1. The first-order chi connectivity index (χ1) is 10.2. The second-order valence-corrected chi connectivity index (χ2v) is 5.53. The molecule has 1 N–H and O–H groups in total. The van der Waals surface area contributed by atoms with Crippen molar-refractivity contribution in [1.29, 1.82) is 0 Å². The van der Waals surface area contributed by atoms with Crippen LogP contribution in [0.2, 0.25) is 0 Å². The third-order valence-electron chi connectivity index (χ3n) is 4.21. The Labute approximate surface area is 123 Å². The normalized spacial score (nSPS) is 22.6. The van der Waals surface area contributed by atoms with Gasteiger partial charge in [-0.05, 0) is 19.8 Å². The van der Waals surface area contributed by atoms with Crippen LogP contribution in [0.5, 0.6) is 0 Å². The minimum absolute atomic E-state index is 0.0662. The highest BCUT2D eigenvalue weighted by Crippen LogP contribution is 2.23. The van der Waals surface area contributed by atoms with Gasteiger partial charge in [0.1, 0.15) is 17.4 Å². The highest BCUT2D eigenvalue weighted by Gasteiger charge is 2.38. The van der Waals surface area contributed by atoms with Gasteiger partial charge < -0.3 is 19.6 Å². The third-order valence-corrected chi connectivity index (χ3v) is 4.21. The molecule has 0 saturated carbocycles. The average Bonchev–Trinajstić information content (AvgIpc) is 3.15. The van der Waals surface area contributed by atoms with Crippen LogP contribution in [-0.4, -0.2) is 65.5 Å². The number of likely N-dealkylation sites (tertiary alicyclic amines) is 1. The first-order valence-electron chi connectivity index (χ1n) is 7.40. The largest absolute Gasteiger partial charge is 0.361 e. The fraction of sp³-hybridized carbons (Fsp3) is 0.643. The topological polar surface area (TPSA) is 78.7 Å². The van der Waals surface area contributed by atoms with Crippen LogP contribution < -0.4 is 5.32 Å². The molecule has 2 amide bonds. The van der Waals surface area contributed by atoms with Gasteiger partial charge in [-0.2, -0.15) is 0 Å². The minimum atomic E-state index is -0.343. The number of hydrogen-bond acceptors (Lipinski definition) is 5. The molecule has 1 unspecified atom stereocenters. The van der Waals surface area contributed by atoms with Gasteiger partial charge >= 0.3 is 0 Å². The number of nitrogens with one attached hydrogen (secondary N) is 1. The van der Waals surface area contributed by atoms with Crippen molar-refractivity contribution in [1.82, 2.24) is 20.3 Å². The lowest BCUT2D eigenvalue weighted by Gasteiger charge is -2.32. The summed E-state index contributed by atoms with van der Waals surface area (Å²) in [5.74, 6) is 0.413. The SMILES string of the molecule is Cc1oncc1C(=O)N1CCCC1C(=O)N1CCNCC1. The fourth-order valence-electron chi connectivity index (χ4n) is 3.02. The maximum absolute atomic E-state index is 12.6. The van der Waals surface area contributed by atoms with Crippen LogP contribution in [0.3, 0.4) is 0 Å². The molecule has 1 aromatic heterocycles. The monoisotopic (exact) mass is 292 g/mol. The lowest BCUT2D eigenvalue weighted by molar-refractivity contribution is -0.135. The lowest BCUT2D eigenvalue weighted by Crippen LogP contribution is -2.53. The standard InChI is InChI=1S/C14H20N4O3/c1-10-11(9-16-21-10)13(19)18-6-2-3-12(18)14(20)17-7-4-15-5-8-17/h9,12,15H,2-8H2,1H3. The molecule has 3 rings (SSSR count). The number of carbonyl (C=O) groups excluding carboxylic acids is 2. The van der Waals surface area contributed by atoms with E-state index in [1.807, 2.05) is 4.90 Å². The maximum Gasteiger partial charge on any atom is 0.259 e. The molecule has 7 heteroatoms. The maximum atomic E-state index is 12.6. The van der Waals surface area contributed by atoms with Crippen molar-refractivity contribution in [2.45, 2.75) is 25.8 Å². The van der Waals surface area contributed by atoms with Crippen LogP contribution in [0.25, 0.3) is 0 Å². The number of amides is 2. The molecule has 1 aromatic rings. The van der Waals surface area contributed by atoms with Crippen LogP contribution in [0.4, 0.5) is 0 Å². The zero-order chi connectivity index (χ0) is 14.8. The van der Waals surface area contributed by atoms with Crippen LogP contribution in [0, 0.1) is 6.92 Å². The molecule has 21 heavy (non-hydrogen) atoms. The zero-order valence-electron chi connectivity index (χ0n) is 12.2. The van der Waals surface area contributed by atoms with E-state index >= 15 is 0 Å². The highest BCUT2D eigenvalue weighted by atomic mass is 16.5. The Kier molecular flexibility index (Phi) is 3.92. The van der Waals surface area contributed by atoms with Crippen molar-refractivity contribution >= 4 is 11.8 Å². The second kappa shape index (κ2) is 5.85. The summed E-state index contributed by atoms with van der Waals surface area (Å²) in [6, 6.07) is -0.343. The molecule has 2 aliphatic heterocycles.